The first-order valence-corrected chi connectivity index (χ1v) is 4.73. The summed E-state index contributed by atoms with van der Waals surface area (Å²) in [6.07, 6.45) is -4.57. The molecule has 17 heavy (non-hydrogen) atoms. The lowest BCUT2D eigenvalue weighted by atomic mass is 10.2. The van der Waals surface area contributed by atoms with Gasteiger partial charge in [0.2, 0.25) is 0 Å². The van der Waals surface area contributed by atoms with Gasteiger partial charge in [-0.05, 0) is 17.3 Å². The van der Waals surface area contributed by atoms with Crippen LogP contribution in [0.2, 0.25) is 0 Å². The van der Waals surface area contributed by atoms with Crippen molar-refractivity contribution in [2.45, 2.75) is 11.7 Å². The molecule has 94 valence electrons. The van der Waals surface area contributed by atoms with Gasteiger partial charge in [0.05, 0.1) is 5.56 Å². The number of nitrogens with zero attached hydrogens (tertiary/aromatic N) is 1. The van der Waals surface area contributed by atoms with Crippen LogP contribution in [0.5, 0.6) is 5.75 Å². The molecule has 1 rings (SSSR count). The second-order valence-electron chi connectivity index (χ2n) is 3.00. The summed E-state index contributed by atoms with van der Waals surface area (Å²) in [4.78, 5) is 10.2. The zero-order valence-corrected chi connectivity index (χ0v) is 8.93. The molecule has 0 aliphatic carbocycles. The van der Waals surface area contributed by atoms with Crippen molar-refractivity contribution in [3.05, 3.63) is 34.5 Å². The zero-order valence-electron chi connectivity index (χ0n) is 8.17. The van der Waals surface area contributed by atoms with Crippen molar-refractivity contribution in [1.82, 2.24) is 0 Å². The Morgan fingerprint density at radius 3 is 2.59 bits per heavy atom. The lowest BCUT2D eigenvalue weighted by molar-refractivity contribution is -0.153. The van der Waals surface area contributed by atoms with Gasteiger partial charge in [0.1, 0.15) is 11.6 Å². The quantitative estimate of drug-likeness (QED) is 0.362. The Kier molecular flexibility index (Phi) is 4.28. The Labute approximate surface area is 98.3 Å². The summed E-state index contributed by atoms with van der Waals surface area (Å²) in [7, 11) is 0. The summed E-state index contributed by atoms with van der Waals surface area (Å²) >= 11 is 5.37. The van der Waals surface area contributed by atoms with Gasteiger partial charge in [-0.2, -0.15) is 13.2 Å². The maximum Gasteiger partial charge on any atom is 0.422 e. The number of hydrogen-bond donors (Lipinski definition) is 0. The van der Waals surface area contributed by atoms with Gasteiger partial charge in [0.25, 0.3) is 0 Å². The first-order chi connectivity index (χ1) is 7.85. The van der Waals surface area contributed by atoms with E-state index in [1.165, 1.54) is 0 Å². The predicted molar refractivity (Wildman–Crippen MR) is 52.3 cm³/mol. The van der Waals surface area contributed by atoms with Gasteiger partial charge in [-0.25, -0.2) is 4.39 Å². The average molecular weight is 272 g/mol. The molecule has 0 saturated heterocycles. The lowest BCUT2D eigenvalue weighted by Gasteiger charge is -2.13. The van der Waals surface area contributed by atoms with Crippen molar-refractivity contribution in [2.75, 3.05) is 6.61 Å². The summed E-state index contributed by atoms with van der Waals surface area (Å²) in [5.74, 6) is -1.41. The third-order valence-corrected chi connectivity index (χ3v) is 2.03. The number of halogens is 5. The minimum Gasteiger partial charge on any atom is -0.484 e. The van der Waals surface area contributed by atoms with E-state index < -0.39 is 35.4 Å². The number of rotatable bonds is 4. The first-order valence-electron chi connectivity index (χ1n) is 4.29. The van der Waals surface area contributed by atoms with Crippen LogP contribution in [0.3, 0.4) is 0 Å². The Hall–Kier alpha value is -1.37. The van der Waals surface area contributed by atoms with Gasteiger partial charge in [0, 0.05) is 0 Å². The maximum atomic E-state index is 13.3. The van der Waals surface area contributed by atoms with Crippen molar-refractivity contribution < 1.29 is 22.3 Å². The number of nitroso groups, excluding NO2 is 1. The molecule has 0 aliphatic heterocycles. The molecular weight excluding hydrogens is 266 g/mol. The Morgan fingerprint density at radius 2 is 2.06 bits per heavy atom. The minimum absolute atomic E-state index is 0.457. The fraction of sp³-hybridized carbons (Fsp3) is 0.333. The highest BCUT2D eigenvalue weighted by atomic mass is 35.5. The minimum atomic E-state index is -4.57. The third-order valence-electron chi connectivity index (χ3n) is 1.74. The van der Waals surface area contributed by atoms with Gasteiger partial charge in [0.15, 0.2) is 12.1 Å². The van der Waals surface area contributed by atoms with Crippen LogP contribution in [0.25, 0.3) is 0 Å². The summed E-state index contributed by atoms with van der Waals surface area (Å²) in [5.41, 5.74) is -2.15. The van der Waals surface area contributed by atoms with Crippen LogP contribution < -0.4 is 4.74 Å². The fourth-order valence-corrected chi connectivity index (χ4v) is 1.30. The fourth-order valence-electron chi connectivity index (χ4n) is 1.09. The van der Waals surface area contributed by atoms with E-state index in [9.17, 15) is 22.5 Å². The molecule has 8 heteroatoms. The number of alkyl halides is 4. The van der Waals surface area contributed by atoms with Gasteiger partial charge in [-0.15, -0.1) is 4.91 Å². The monoisotopic (exact) mass is 271 g/mol. The van der Waals surface area contributed by atoms with Gasteiger partial charge >= 0.3 is 6.18 Å². The molecular formula is C9H6ClF4NO2. The highest BCUT2D eigenvalue weighted by Gasteiger charge is 2.30. The second kappa shape index (κ2) is 5.31. The van der Waals surface area contributed by atoms with E-state index in [0.717, 1.165) is 18.2 Å². The standard InChI is InChI=1S/C9H6ClF4NO2/c10-8(15-16)7-5(11)2-1-3-6(7)17-4-9(12,13)14/h1-3,8H,4H2. The largest absolute Gasteiger partial charge is 0.484 e. The molecule has 0 amide bonds. The zero-order chi connectivity index (χ0) is 13.1. The summed E-state index contributed by atoms with van der Waals surface area (Å²) < 4.78 is 53.4. The highest BCUT2D eigenvalue weighted by Crippen LogP contribution is 2.33. The summed E-state index contributed by atoms with van der Waals surface area (Å²) in [5, 5.41) is 2.34. The Morgan fingerprint density at radius 1 is 1.41 bits per heavy atom. The van der Waals surface area contributed by atoms with E-state index in [1.807, 2.05) is 0 Å². The van der Waals surface area contributed by atoms with Crippen LogP contribution in [0.15, 0.2) is 23.4 Å². The molecule has 0 N–H and O–H groups in total. The molecule has 1 aromatic rings. The average Bonchev–Trinajstić information content (AvgIpc) is 2.24. The molecule has 0 radical (unpaired) electrons. The van der Waals surface area contributed by atoms with Crippen molar-refractivity contribution in [2.24, 2.45) is 5.18 Å². The normalized spacial score (nSPS) is 13.2. The third kappa shape index (κ3) is 3.85. The van der Waals surface area contributed by atoms with Crippen LogP contribution >= 0.6 is 11.6 Å². The van der Waals surface area contributed by atoms with E-state index in [0.29, 0.717) is 0 Å². The molecule has 0 spiro atoms. The van der Waals surface area contributed by atoms with E-state index in [1.54, 1.807) is 0 Å². The lowest BCUT2D eigenvalue weighted by Crippen LogP contribution is -2.20. The summed E-state index contributed by atoms with van der Waals surface area (Å²) in [6.45, 7) is -1.61. The summed E-state index contributed by atoms with van der Waals surface area (Å²) in [6, 6.07) is 3.15. The molecule has 0 bridgehead atoms. The van der Waals surface area contributed by atoms with Crippen molar-refractivity contribution in [3.63, 3.8) is 0 Å². The van der Waals surface area contributed by atoms with Gasteiger partial charge in [-0.3, -0.25) is 0 Å². The molecule has 1 aromatic carbocycles. The molecule has 1 atom stereocenters. The van der Waals surface area contributed by atoms with Crippen molar-refractivity contribution >= 4 is 11.6 Å². The van der Waals surface area contributed by atoms with E-state index in [-0.39, 0.29) is 0 Å². The number of ether oxygens (including phenoxy) is 1. The smallest absolute Gasteiger partial charge is 0.422 e. The van der Waals surface area contributed by atoms with Crippen LogP contribution in [-0.2, 0) is 0 Å². The topological polar surface area (TPSA) is 38.7 Å². The second-order valence-corrected chi connectivity index (χ2v) is 3.41. The van der Waals surface area contributed by atoms with E-state index >= 15 is 0 Å². The van der Waals surface area contributed by atoms with E-state index in [4.69, 9.17) is 11.6 Å². The van der Waals surface area contributed by atoms with Crippen LogP contribution in [0.1, 0.15) is 11.1 Å². The van der Waals surface area contributed by atoms with Crippen LogP contribution in [-0.4, -0.2) is 12.8 Å². The highest BCUT2D eigenvalue weighted by molar-refractivity contribution is 6.20. The Balaban J connectivity index is 2.99. The molecule has 0 heterocycles. The van der Waals surface area contributed by atoms with E-state index in [2.05, 4.69) is 9.91 Å². The van der Waals surface area contributed by atoms with Crippen molar-refractivity contribution in [1.29, 1.82) is 0 Å². The first kappa shape index (κ1) is 13.7. The molecule has 1 unspecified atom stereocenters. The number of hydrogen-bond acceptors (Lipinski definition) is 3. The molecule has 0 saturated carbocycles. The number of benzene rings is 1. The molecule has 0 fully saturated rings. The van der Waals surface area contributed by atoms with Crippen LogP contribution in [0, 0.1) is 10.7 Å². The maximum absolute atomic E-state index is 13.3. The van der Waals surface area contributed by atoms with Crippen LogP contribution in [0.4, 0.5) is 17.6 Å². The SMILES string of the molecule is O=NC(Cl)c1c(F)cccc1OCC(F)(F)F. The van der Waals surface area contributed by atoms with Crippen molar-refractivity contribution in [3.8, 4) is 5.75 Å². The molecule has 0 aliphatic rings. The van der Waals surface area contributed by atoms with Gasteiger partial charge < -0.3 is 4.74 Å². The molecule has 0 aromatic heterocycles. The Bertz CT molecular complexity index is 410. The van der Waals surface area contributed by atoms with Gasteiger partial charge in [-0.1, -0.05) is 17.7 Å². The predicted octanol–water partition coefficient (Wildman–Crippen LogP) is 3.77. The molecule has 3 nitrogen and oxygen atoms in total.